The van der Waals surface area contributed by atoms with Crippen LogP contribution in [0, 0.1) is 6.92 Å². The minimum Gasteiger partial charge on any atom is -0.349 e. The second-order valence-corrected chi connectivity index (χ2v) is 6.79. The van der Waals surface area contributed by atoms with Crippen LogP contribution in [0.1, 0.15) is 21.9 Å². The van der Waals surface area contributed by atoms with Crippen molar-refractivity contribution >= 4 is 16.8 Å². The fourth-order valence-electron chi connectivity index (χ4n) is 3.17. The average Bonchev–Trinajstić information content (AvgIpc) is 3.41. The van der Waals surface area contributed by atoms with Crippen LogP contribution in [0.2, 0.25) is 0 Å². The molecule has 3 heterocycles. The minimum absolute atomic E-state index is 0.141. The van der Waals surface area contributed by atoms with E-state index >= 15 is 0 Å². The molecule has 156 valence electrons. The highest BCUT2D eigenvalue weighted by Gasteiger charge is 2.38. The molecular formula is C19H17F3N6O2. The van der Waals surface area contributed by atoms with Crippen molar-refractivity contribution in [2.45, 2.75) is 19.6 Å². The number of nitrogens with one attached hydrogen (secondary N) is 1. The Morgan fingerprint density at radius 2 is 2.07 bits per heavy atom. The Morgan fingerprint density at radius 1 is 1.27 bits per heavy atom. The number of fused-ring (bicyclic) bond motifs is 1. The molecule has 1 amide bonds. The van der Waals surface area contributed by atoms with Crippen LogP contribution in [0.25, 0.3) is 22.3 Å². The smallest absolute Gasteiger partial charge is 0.349 e. The van der Waals surface area contributed by atoms with E-state index in [4.69, 9.17) is 0 Å². The first-order valence-corrected chi connectivity index (χ1v) is 9.01. The van der Waals surface area contributed by atoms with Crippen molar-refractivity contribution in [2.24, 2.45) is 7.05 Å². The standard InChI is InChI=1S/C19H17F3N6O2/c1-11-10-28(8-6-23-17(29)14-5-7-27(2)25-14)15-9-12(3-4-13(11)15)16-24-18(30-26-16)19(20,21)22/h3-5,7,9-10H,6,8H2,1-2H3,(H,23,29). The van der Waals surface area contributed by atoms with E-state index < -0.39 is 12.1 Å². The lowest BCUT2D eigenvalue weighted by molar-refractivity contribution is -0.159. The lowest BCUT2D eigenvalue weighted by Gasteiger charge is -2.07. The average molecular weight is 418 g/mol. The van der Waals surface area contributed by atoms with Crippen LogP contribution in [0.15, 0.2) is 41.2 Å². The molecule has 0 spiro atoms. The monoisotopic (exact) mass is 418 g/mol. The molecule has 0 aliphatic rings. The van der Waals surface area contributed by atoms with Crippen LogP contribution < -0.4 is 5.32 Å². The largest absolute Gasteiger partial charge is 0.471 e. The zero-order chi connectivity index (χ0) is 21.5. The number of hydrogen-bond acceptors (Lipinski definition) is 5. The summed E-state index contributed by atoms with van der Waals surface area (Å²) in [4.78, 5) is 15.6. The summed E-state index contributed by atoms with van der Waals surface area (Å²) < 4.78 is 46.0. The van der Waals surface area contributed by atoms with E-state index in [9.17, 15) is 18.0 Å². The lowest BCUT2D eigenvalue weighted by atomic mass is 10.1. The zero-order valence-corrected chi connectivity index (χ0v) is 16.1. The van der Waals surface area contributed by atoms with Gasteiger partial charge in [-0.05, 0) is 24.6 Å². The predicted molar refractivity (Wildman–Crippen MR) is 101 cm³/mol. The van der Waals surface area contributed by atoms with Crippen molar-refractivity contribution in [2.75, 3.05) is 6.54 Å². The van der Waals surface area contributed by atoms with Gasteiger partial charge in [0.2, 0.25) is 5.82 Å². The van der Waals surface area contributed by atoms with Gasteiger partial charge in [-0.2, -0.15) is 23.3 Å². The summed E-state index contributed by atoms with van der Waals surface area (Å²) in [5.74, 6) is -1.81. The molecular weight excluding hydrogens is 401 g/mol. The third-order valence-corrected chi connectivity index (χ3v) is 4.59. The number of amides is 1. The fourth-order valence-corrected chi connectivity index (χ4v) is 3.17. The van der Waals surface area contributed by atoms with Crippen LogP contribution in [0.4, 0.5) is 13.2 Å². The van der Waals surface area contributed by atoms with Gasteiger partial charge in [-0.15, -0.1) is 0 Å². The molecule has 30 heavy (non-hydrogen) atoms. The van der Waals surface area contributed by atoms with Crippen molar-refractivity contribution in [1.82, 2.24) is 29.8 Å². The number of nitrogens with zero attached hydrogens (tertiary/aromatic N) is 5. The summed E-state index contributed by atoms with van der Waals surface area (Å²) in [6.45, 7) is 2.75. The van der Waals surface area contributed by atoms with E-state index in [1.54, 1.807) is 42.2 Å². The molecule has 8 nitrogen and oxygen atoms in total. The number of alkyl halides is 3. The Labute approximate surface area is 168 Å². The number of carbonyl (C=O) groups excluding carboxylic acids is 1. The molecule has 0 radical (unpaired) electrons. The Kier molecular flexibility index (Phi) is 4.80. The molecule has 3 aromatic heterocycles. The second-order valence-electron chi connectivity index (χ2n) is 6.79. The number of rotatable bonds is 5. The van der Waals surface area contributed by atoms with Gasteiger partial charge in [0.1, 0.15) is 5.69 Å². The van der Waals surface area contributed by atoms with Crippen molar-refractivity contribution in [3.63, 3.8) is 0 Å². The van der Waals surface area contributed by atoms with Gasteiger partial charge in [-0.1, -0.05) is 17.3 Å². The molecule has 0 fully saturated rings. The molecule has 1 N–H and O–H groups in total. The maximum atomic E-state index is 12.7. The van der Waals surface area contributed by atoms with E-state index in [1.165, 1.54) is 0 Å². The van der Waals surface area contributed by atoms with Gasteiger partial charge in [-0.3, -0.25) is 9.48 Å². The number of carbonyl (C=O) groups is 1. The quantitative estimate of drug-likeness (QED) is 0.538. The summed E-state index contributed by atoms with van der Waals surface area (Å²) in [5, 5.41) is 11.2. The highest BCUT2D eigenvalue weighted by molar-refractivity contribution is 5.92. The Hall–Kier alpha value is -3.63. The molecule has 4 rings (SSSR count). The van der Waals surface area contributed by atoms with Gasteiger partial charge >= 0.3 is 12.1 Å². The summed E-state index contributed by atoms with van der Waals surface area (Å²) in [5.41, 5.74) is 2.51. The topological polar surface area (TPSA) is 90.8 Å². The van der Waals surface area contributed by atoms with Gasteiger partial charge in [0, 0.05) is 49.0 Å². The summed E-state index contributed by atoms with van der Waals surface area (Å²) in [6, 6.07) is 6.77. The normalized spacial score (nSPS) is 11.9. The van der Waals surface area contributed by atoms with Crippen LogP contribution in [0.5, 0.6) is 0 Å². The maximum absolute atomic E-state index is 12.7. The molecule has 11 heteroatoms. The molecule has 1 aromatic carbocycles. The SMILES string of the molecule is Cc1cn(CCNC(=O)c2ccn(C)n2)c2cc(-c3noc(C(F)(F)F)n3)ccc12. The Bertz CT molecular complexity index is 1220. The molecule has 0 atom stereocenters. The number of aryl methyl sites for hydroxylation is 2. The van der Waals surface area contributed by atoms with Gasteiger partial charge in [0.25, 0.3) is 5.91 Å². The first-order valence-electron chi connectivity index (χ1n) is 9.01. The Morgan fingerprint density at radius 3 is 2.73 bits per heavy atom. The zero-order valence-electron chi connectivity index (χ0n) is 16.1. The molecule has 0 saturated heterocycles. The molecule has 0 unspecified atom stereocenters. The molecule has 0 saturated carbocycles. The van der Waals surface area contributed by atoms with E-state index in [0.29, 0.717) is 24.3 Å². The Balaban J connectivity index is 1.54. The van der Waals surface area contributed by atoms with Gasteiger partial charge in [0.15, 0.2) is 0 Å². The second kappa shape index (κ2) is 7.32. The number of hydrogen-bond donors (Lipinski definition) is 1. The van der Waals surface area contributed by atoms with Crippen LogP contribution in [0.3, 0.4) is 0 Å². The van der Waals surface area contributed by atoms with Crippen molar-refractivity contribution in [3.05, 3.63) is 53.8 Å². The fraction of sp³-hybridized carbons (Fsp3) is 0.263. The minimum atomic E-state index is -4.70. The highest BCUT2D eigenvalue weighted by Crippen LogP contribution is 2.31. The number of halogens is 3. The van der Waals surface area contributed by atoms with E-state index in [0.717, 1.165) is 16.5 Å². The molecule has 0 aliphatic carbocycles. The number of aromatic nitrogens is 5. The van der Waals surface area contributed by atoms with Gasteiger partial charge in [-0.25, -0.2) is 0 Å². The molecule has 4 aromatic rings. The lowest BCUT2D eigenvalue weighted by Crippen LogP contribution is -2.27. The maximum Gasteiger partial charge on any atom is 0.471 e. The van der Waals surface area contributed by atoms with Gasteiger partial charge < -0.3 is 14.4 Å². The first kappa shape index (κ1) is 19.7. The van der Waals surface area contributed by atoms with Crippen LogP contribution in [-0.4, -0.2) is 36.9 Å². The molecule has 0 bridgehead atoms. The first-order chi connectivity index (χ1) is 14.2. The summed E-state index contributed by atoms with van der Waals surface area (Å²) in [6.07, 6.45) is -1.10. The third kappa shape index (κ3) is 3.78. The highest BCUT2D eigenvalue weighted by atomic mass is 19.4. The van der Waals surface area contributed by atoms with Crippen molar-refractivity contribution < 1.29 is 22.5 Å². The number of benzene rings is 1. The van der Waals surface area contributed by atoms with Crippen molar-refractivity contribution in [1.29, 1.82) is 0 Å². The third-order valence-electron chi connectivity index (χ3n) is 4.59. The molecule has 0 aliphatic heterocycles. The van der Waals surface area contributed by atoms with E-state index in [-0.39, 0.29) is 11.7 Å². The van der Waals surface area contributed by atoms with Crippen LogP contribution >= 0.6 is 0 Å². The van der Waals surface area contributed by atoms with E-state index in [1.807, 2.05) is 17.7 Å². The van der Waals surface area contributed by atoms with Gasteiger partial charge in [0.05, 0.1) is 0 Å². The van der Waals surface area contributed by atoms with E-state index in [2.05, 4.69) is 25.1 Å². The predicted octanol–water partition coefficient (Wildman–Crippen LogP) is 3.18. The summed E-state index contributed by atoms with van der Waals surface area (Å²) >= 11 is 0. The van der Waals surface area contributed by atoms with Crippen LogP contribution in [-0.2, 0) is 19.8 Å². The van der Waals surface area contributed by atoms with Crippen molar-refractivity contribution in [3.8, 4) is 11.4 Å². The summed E-state index contributed by atoms with van der Waals surface area (Å²) in [7, 11) is 1.73.